The summed E-state index contributed by atoms with van der Waals surface area (Å²) in [6.45, 7) is 6.53. The van der Waals surface area contributed by atoms with Crippen LogP contribution in [0.4, 0.5) is 0 Å². The van der Waals surface area contributed by atoms with E-state index < -0.39 is 36.9 Å². The number of nitrogens with zero attached hydrogens (tertiary/aromatic N) is 1. The number of esters is 1. The van der Waals surface area contributed by atoms with Crippen LogP contribution < -0.4 is 0 Å². The van der Waals surface area contributed by atoms with Crippen LogP contribution in [0.25, 0.3) is 0 Å². The number of likely N-dealkylation sites (N-methyl/N-ethyl adjacent to an activating group) is 1. The molecule has 0 spiro atoms. The van der Waals surface area contributed by atoms with Crippen LogP contribution in [0.15, 0.2) is 30.3 Å². The maximum atomic E-state index is 13.3. The van der Waals surface area contributed by atoms with Gasteiger partial charge in [0.15, 0.2) is 0 Å². The fraction of sp³-hybridized carbons (Fsp3) is 0.650. The molecule has 0 atom stereocenters. The van der Waals surface area contributed by atoms with Gasteiger partial charge in [-0.3, -0.25) is 4.79 Å². The SMILES string of the molecule is [2H]C1([2H])C([2H])([2H])C([2H])([2H])C(C(=O)OCCOCCN(CC)CC)(c2ccccc2)C1([2H])[2H]. The minimum atomic E-state index is -3.32. The summed E-state index contributed by atoms with van der Waals surface area (Å²) in [4.78, 5) is 15.4. The smallest absolute Gasteiger partial charge is 0.316 e. The van der Waals surface area contributed by atoms with E-state index in [0.717, 1.165) is 13.1 Å². The van der Waals surface area contributed by atoms with Crippen LogP contribution in [-0.2, 0) is 19.7 Å². The van der Waals surface area contributed by atoms with E-state index in [1.165, 1.54) is 24.3 Å². The molecule has 0 aromatic heterocycles. The van der Waals surface area contributed by atoms with Crippen molar-refractivity contribution in [2.45, 2.75) is 44.8 Å². The number of rotatable bonds is 10. The Hall–Kier alpha value is -1.39. The van der Waals surface area contributed by atoms with E-state index in [4.69, 9.17) is 20.4 Å². The van der Waals surface area contributed by atoms with Gasteiger partial charge in [-0.15, -0.1) is 0 Å². The van der Waals surface area contributed by atoms with Gasteiger partial charge in [-0.25, -0.2) is 0 Å². The Bertz CT molecular complexity index is 758. The van der Waals surface area contributed by atoms with Gasteiger partial charge in [0.1, 0.15) is 6.61 Å². The second-order valence-electron chi connectivity index (χ2n) is 5.39. The first-order valence-corrected chi connectivity index (χ1v) is 8.30. The third-order valence-electron chi connectivity index (χ3n) is 3.98. The third kappa shape index (κ3) is 4.81. The van der Waals surface area contributed by atoms with Crippen molar-refractivity contribution < 1.29 is 25.2 Å². The van der Waals surface area contributed by atoms with E-state index in [1.807, 2.05) is 13.8 Å². The monoisotopic (exact) mass is 341 g/mol. The number of ether oxygens (including phenoxy) is 2. The van der Waals surface area contributed by atoms with Crippen LogP contribution in [0.1, 0.15) is 55.9 Å². The standard InChI is InChI=1S/C20H31NO3/c1-3-21(4-2)14-15-23-16-17-24-19(22)20(12-8-9-13-20)18-10-6-5-7-11-18/h5-7,10-11H,3-4,8-9,12-17H2,1-2H3/i8D2,9D2,12D2,13D2. The second kappa shape index (κ2) is 9.80. The molecule has 0 radical (unpaired) electrons. The lowest BCUT2D eigenvalue weighted by atomic mass is 9.79. The van der Waals surface area contributed by atoms with E-state index in [9.17, 15) is 4.79 Å². The second-order valence-corrected chi connectivity index (χ2v) is 5.39. The van der Waals surface area contributed by atoms with Gasteiger partial charge in [-0.05, 0) is 31.4 Å². The van der Waals surface area contributed by atoms with Gasteiger partial charge in [-0.1, -0.05) is 56.9 Å². The van der Waals surface area contributed by atoms with Crippen molar-refractivity contribution in [2.75, 3.05) is 39.5 Å². The maximum Gasteiger partial charge on any atom is 0.316 e. The molecule has 0 unspecified atom stereocenters. The fourth-order valence-corrected chi connectivity index (χ4v) is 2.47. The molecule has 0 aliphatic heterocycles. The van der Waals surface area contributed by atoms with Crippen molar-refractivity contribution in [1.29, 1.82) is 0 Å². The highest BCUT2D eigenvalue weighted by Crippen LogP contribution is 2.42. The van der Waals surface area contributed by atoms with Crippen LogP contribution >= 0.6 is 0 Å². The van der Waals surface area contributed by atoms with Crippen molar-refractivity contribution in [3.05, 3.63) is 35.9 Å². The Morgan fingerprint density at radius 2 is 1.79 bits per heavy atom. The Morgan fingerprint density at radius 3 is 2.42 bits per heavy atom. The summed E-state index contributed by atoms with van der Waals surface area (Å²) in [6, 6.07) is 7.06. The fourth-order valence-electron chi connectivity index (χ4n) is 2.47. The Balaban J connectivity index is 2.33. The molecule has 0 N–H and O–H groups in total. The van der Waals surface area contributed by atoms with Crippen LogP contribution in [0, 0.1) is 0 Å². The molecule has 1 aromatic rings. The predicted molar refractivity (Wildman–Crippen MR) is 96.2 cm³/mol. The minimum Gasteiger partial charge on any atom is -0.463 e. The molecule has 1 fully saturated rings. The lowest BCUT2D eigenvalue weighted by Crippen LogP contribution is -2.35. The normalized spacial score (nSPS) is 29.8. The van der Waals surface area contributed by atoms with Gasteiger partial charge >= 0.3 is 5.97 Å². The first-order chi connectivity index (χ1) is 14.8. The molecule has 0 heterocycles. The lowest BCUT2D eigenvalue weighted by Gasteiger charge is -2.27. The average molecular weight is 342 g/mol. The minimum absolute atomic E-state index is 0.0103. The van der Waals surface area contributed by atoms with Gasteiger partial charge in [-0.2, -0.15) is 0 Å². The number of benzene rings is 1. The van der Waals surface area contributed by atoms with E-state index in [2.05, 4.69) is 4.90 Å². The Morgan fingerprint density at radius 1 is 1.12 bits per heavy atom. The van der Waals surface area contributed by atoms with E-state index >= 15 is 0 Å². The molecule has 1 aliphatic carbocycles. The topological polar surface area (TPSA) is 38.8 Å². The highest BCUT2D eigenvalue weighted by atomic mass is 16.6. The predicted octanol–water partition coefficient (Wildman–Crippen LogP) is 3.40. The van der Waals surface area contributed by atoms with Gasteiger partial charge in [0.05, 0.1) is 18.6 Å². The summed E-state index contributed by atoms with van der Waals surface area (Å²) in [6.07, 6.45) is -13.2. The van der Waals surface area contributed by atoms with Gasteiger partial charge in [0.2, 0.25) is 0 Å². The van der Waals surface area contributed by atoms with Crippen molar-refractivity contribution in [1.82, 2.24) is 4.90 Å². The summed E-state index contributed by atoms with van der Waals surface area (Å²) in [5.41, 5.74) is -3.05. The summed E-state index contributed by atoms with van der Waals surface area (Å²) < 4.78 is 77.1. The molecule has 2 rings (SSSR count). The Kier molecular flexibility index (Phi) is 4.31. The molecular formula is C20H31NO3. The Labute approximate surface area is 157 Å². The van der Waals surface area contributed by atoms with E-state index in [1.54, 1.807) is 6.07 Å². The van der Waals surface area contributed by atoms with Crippen molar-refractivity contribution in [3.8, 4) is 0 Å². The van der Waals surface area contributed by atoms with Crippen LogP contribution in [-0.4, -0.2) is 50.3 Å². The quantitative estimate of drug-likeness (QED) is 0.483. The van der Waals surface area contributed by atoms with Crippen LogP contribution in [0.2, 0.25) is 0 Å². The molecule has 4 heteroatoms. The molecule has 0 bridgehead atoms. The average Bonchev–Trinajstić information content (AvgIpc) is 2.79. The number of hydrogen-bond donors (Lipinski definition) is 0. The van der Waals surface area contributed by atoms with Gasteiger partial charge in [0, 0.05) is 17.5 Å². The van der Waals surface area contributed by atoms with Gasteiger partial charge < -0.3 is 14.4 Å². The molecular weight excluding hydrogens is 302 g/mol. The summed E-state index contributed by atoms with van der Waals surface area (Å²) in [7, 11) is 0. The molecule has 24 heavy (non-hydrogen) atoms. The first kappa shape index (κ1) is 10.6. The molecule has 134 valence electrons. The summed E-state index contributed by atoms with van der Waals surface area (Å²) in [5.74, 6) is -1.36. The zero-order valence-corrected chi connectivity index (χ0v) is 14.3. The highest BCUT2D eigenvalue weighted by molar-refractivity contribution is 5.83. The molecule has 1 saturated carbocycles. The van der Waals surface area contributed by atoms with E-state index in [0.29, 0.717) is 13.2 Å². The number of carbonyl (C=O) groups is 1. The molecule has 0 saturated heterocycles. The van der Waals surface area contributed by atoms with Crippen molar-refractivity contribution in [2.24, 2.45) is 0 Å². The number of hydrogen-bond acceptors (Lipinski definition) is 4. The first-order valence-electron chi connectivity index (χ1n) is 12.3. The molecule has 1 aromatic carbocycles. The highest BCUT2D eigenvalue weighted by Gasteiger charge is 2.43. The summed E-state index contributed by atoms with van der Waals surface area (Å²) >= 11 is 0. The van der Waals surface area contributed by atoms with Crippen LogP contribution in [0.3, 0.4) is 0 Å². The molecule has 4 nitrogen and oxygen atoms in total. The lowest BCUT2D eigenvalue weighted by molar-refractivity contribution is -0.152. The van der Waals surface area contributed by atoms with Gasteiger partial charge in [0.25, 0.3) is 0 Å². The molecule has 1 aliphatic rings. The summed E-state index contributed by atoms with van der Waals surface area (Å²) in [5, 5.41) is 0. The van der Waals surface area contributed by atoms with Crippen LogP contribution in [0.5, 0.6) is 0 Å². The zero-order chi connectivity index (χ0) is 24.4. The van der Waals surface area contributed by atoms with Crippen molar-refractivity contribution >= 4 is 5.97 Å². The third-order valence-corrected chi connectivity index (χ3v) is 3.98. The number of carbonyl (C=O) groups excluding carboxylic acids is 1. The largest absolute Gasteiger partial charge is 0.463 e. The van der Waals surface area contributed by atoms with Crippen molar-refractivity contribution in [3.63, 3.8) is 0 Å². The zero-order valence-electron chi connectivity index (χ0n) is 22.3. The molecule has 0 amide bonds. The van der Waals surface area contributed by atoms with E-state index in [-0.39, 0.29) is 18.8 Å². The maximum absolute atomic E-state index is 13.3.